The Bertz CT molecular complexity index is 1590. The highest BCUT2D eigenvalue weighted by atomic mass is 32.5. The second-order valence-corrected chi connectivity index (χ2v) is 12.2. The van der Waals surface area contributed by atoms with Gasteiger partial charge in [-0.2, -0.15) is 0 Å². The van der Waals surface area contributed by atoms with Crippen LogP contribution in [-0.4, -0.2) is 107 Å². The van der Waals surface area contributed by atoms with Crippen LogP contribution in [0.5, 0.6) is 0 Å². The van der Waals surface area contributed by atoms with Gasteiger partial charge in [-0.3, -0.25) is 33.2 Å². The number of aromatic nitrogens is 4. The van der Waals surface area contributed by atoms with Gasteiger partial charge in [-0.1, -0.05) is 0 Å². The molecule has 0 spiro atoms. The zero-order chi connectivity index (χ0) is 31.3. The highest BCUT2D eigenvalue weighted by molar-refractivity contribution is 8.07. The van der Waals surface area contributed by atoms with Gasteiger partial charge in [0.2, 0.25) is 6.54 Å². The monoisotopic (exact) mass is 647 g/mol. The minimum absolute atomic E-state index is 0.0929. The van der Waals surface area contributed by atoms with Gasteiger partial charge in [-0.25, -0.2) is 16.2 Å². The number of methoxy groups -OCH3 is 2. The molecule has 4 heterocycles. The molecular weight excluding hydrogens is 617 g/mol. The molecule has 20 heteroatoms. The third kappa shape index (κ3) is 7.28. The van der Waals surface area contributed by atoms with Gasteiger partial charge in [-0.15, -0.1) is 0 Å². The summed E-state index contributed by atoms with van der Waals surface area (Å²) in [7, 11) is 2.61. The Hall–Kier alpha value is -2.86. The SMILES string of the molecule is [C-]#[N+]CCOP(=S)(OC[C@H]1O[C@@H](n2ccc(=O)[nH]c2=O)[C@@H](OC)C1O)OC1[C@@H](CO)O[C@@H](n2ccc(=O)[nH]c2=O)[C@H]1OC. The van der Waals surface area contributed by atoms with E-state index in [1.807, 2.05) is 0 Å². The summed E-state index contributed by atoms with van der Waals surface area (Å²) < 4.78 is 42.3. The number of aromatic amines is 2. The smallest absolute Gasteiger partial charge is 0.330 e. The van der Waals surface area contributed by atoms with Crippen LogP contribution in [0, 0.1) is 6.57 Å². The predicted octanol–water partition coefficient (Wildman–Crippen LogP) is -2.17. The molecule has 4 rings (SSSR count). The fraction of sp³-hybridized carbons (Fsp3) is 0.609. The van der Waals surface area contributed by atoms with Crippen LogP contribution < -0.4 is 22.5 Å². The fourth-order valence-electron chi connectivity index (χ4n) is 4.66. The molecule has 0 radical (unpaired) electrons. The molecular formula is C23H30N5O13PS. The first-order valence-corrected chi connectivity index (χ1v) is 15.3. The molecule has 3 unspecified atom stereocenters. The van der Waals surface area contributed by atoms with E-state index >= 15 is 0 Å². The predicted molar refractivity (Wildman–Crippen MR) is 148 cm³/mol. The van der Waals surface area contributed by atoms with Crippen molar-refractivity contribution < 1.29 is 42.7 Å². The number of aliphatic hydroxyl groups is 2. The summed E-state index contributed by atoms with van der Waals surface area (Å²) in [6.07, 6.45) is -6.71. The van der Waals surface area contributed by atoms with Crippen LogP contribution >= 0.6 is 6.72 Å². The highest BCUT2D eigenvalue weighted by Crippen LogP contribution is 2.54. The number of aliphatic hydroxyl groups excluding tert-OH is 2. The zero-order valence-electron chi connectivity index (χ0n) is 22.8. The lowest BCUT2D eigenvalue weighted by Crippen LogP contribution is -2.40. The third-order valence-corrected chi connectivity index (χ3v) is 9.03. The van der Waals surface area contributed by atoms with E-state index in [2.05, 4.69) is 14.8 Å². The lowest BCUT2D eigenvalue weighted by atomic mass is 10.1. The standard InChI is InChI=1S/C23H30N5O13PS/c1-24-6-9-37-42(43,38-11-13-16(32)18(35-2)20(40-13)27-7-4-14(30)25-22(27)33)41-17-12(10-29)39-21(19(17)36-3)28-8-5-15(31)26-23(28)34/h4-5,7-8,12-13,16-21,29,32H,6,9-11H2,2-3H3,(H,25,30,33)(H,26,31,34)/t12-,13-,16?,17?,18+,19+,20-,21-,42?/m1/s1. The van der Waals surface area contributed by atoms with E-state index in [9.17, 15) is 29.4 Å². The van der Waals surface area contributed by atoms with Crippen molar-refractivity contribution >= 4 is 18.5 Å². The molecule has 0 saturated carbocycles. The Morgan fingerprint density at radius 1 is 0.953 bits per heavy atom. The molecule has 2 saturated heterocycles. The minimum atomic E-state index is -3.83. The number of nitrogens with one attached hydrogen (secondary N) is 2. The number of hydrogen-bond donors (Lipinski definition) is 4. The topological polar surface area (TPSA) is 219 Å². The number of hydrogen-bond acceptors (Lipinski definition) is 14. The molecule has 0 aliphatic carbocycles. The first-order valence-electron chi connectivity index (χ1n) is 12.7. The Kier molecular flexibility index (Phi) is 11.0. The zero-order valence-corrected chi connectivity index (χ0v) is 24.5. The average Bonchev–Trinajstić information content (AvgIpc) is 3.47. The minimum Gasteiger partial charge on any atom is -0.394 e. The van der Waals surface area contributed by atoms with Crippen molar-refractivity contribution in [1.29, 1.82) is 0 Å². The van der Waals surface area contributed by atoms with Crippen LogP contribution in [0.4, 0.5) is 0 Å². The largest absolute Gasteiger partial charge is 0.394 e. The van der Waals surface area contributed by atoms with Crippen LogP contribution in [0.15, 0.2) is 43.7 Å². The molecule has 236 valence electrons. The van der Waals surface area contributed by atoms with Crippen LogP contribution in [0.1, 0.15) is 12.5 Å². The van der Waals surface area contributed by atoms with Gasteiger partial charge in [-0.05, 0) is 11.8 Å². The molecule has 0 aromatic carbocycles. The third-order valence-electron chi connectivity index (χ3n) is 6.67. The summed E-state index contributed by atoms with van der Waals surface area (Å²) >= 11 is 5.61. The Balaban J connectivity index is 1.56. The van der Waals surface area contributed by atoms with E-state index < -0.39 is 91.5 Å². The van der Waals surface area contributed by atoms with Crippen molar-refractivity contribution in [2.24, 2.45) is 0 Å². The van der Waals surface area contributed by atoms with Crippen LogP contribution in [0.2, 0.25) is 0 Å². The van der Waals surface area contributed by atoms with Crippen LogP contribution in [-0.2, 0) is 44.3 Å². The van der Waals surface area contributed by atoms with Gasteiger partial charge < -0.3 is 43.1 Å². The van der Waals surface area contributed by atoms with E-state index in [0.29, 0.717) is 0 Å². The number of ether oxygens (including phenoxy) is 4. The lowest BCUT2D eigenvalue weighted by Gasteiger charge is -2.30. The fourth-order valence-corrected chi connectivity index (χ4v) is 6.75. The maximum absolute atomic E-state index is 12.4. The molecule has 0 amide bonds. The molecule has 2 fully saturated rings. The number of rotatable bonds is 13. The second kappa shape index (κ2) is 14.3. The van der Waals surface area contributed by atoms with E-state index in [1.165, 1.54) is 26.6 Å². The molecule has 4 N–H and O–H groups in total. The molecule has 18 nitrogen and oxygen atoms in total. The molecule has 9 atom stereocenters. The van der Waals surface area contributed by atoms with Crippen molar-refractivity contribution in [2.75, 3.05) is 40.6 Å². The quantitative estimate of drug-likeness (QED) is 0.103. The van der Waals surface area contributed by atoms with E-state index in [0.717, 1.165) is 21.3 Å². The molecule has 0 bridgehead atoms. The molecule has 2 aliphatic rings. The molecule has 2 aromatic rings. The first kappa shape index (κ1) is 33.0. The van der Waals surface area contributed by atoms with Crippen molar-refractivity contribution in [3.63, 3.8) is 0 Å². The van der Waals surface area contributed by atoms with Crippen molar-refractivity contribution in [3.05, 3.63) is 77.6 Å². The summed E-state index contributed by atoms with van der Waals surface area (Å²) in [5, 5.41) is 20.9. The van der Waals surface area contributed by atoms with Gasteiger partial charge in [0, 0.05) is 38.7 Å². The lowest BCUT2D eigenvalue weighted by molar-refractivity contribution is -0.0643. The van der Waals surface area contributed by atoms with Crippen molar-refractivity contribution in [2.45, 2.75) is 49.1 Å². The van der Waals surface area contributed by atoms with Crippen molar-refractivity contribution in [3.8, 4) is 0 Å². The maximum atomic E-state index is 12.4. The molecule has 2 aliphatic heterocycles. The normalized spacial score (nSPS) is 30.2. The second-order valence-electron chi connectivity index (χ2n) is 9.27. The van der Waals surface area contributed by atoms with Gasteiger partial charge in [0.15, 0.2) is 12.5 Å². The summed E-state index contributed by atoms with van der Waals surface area (Å²) in [5.74, 6) is 0. The van der Waals surface area contributed by atoms with E-state index in [4.69, 9.17) is 50.9 Å². The number of nitrogens with zero attached hydrogens (tertiary/aromatic N) is 3. The Morgan fingerprint density at radius 2 is 1.51 bits per heavy atom. The summed E-state index contributed by atoms with van der Waals surface area (Å²) in [4.78, 5) is 55.3. The van der Waals surface area contributed by atoms with Crippen LogP contribution in [0.25, 0.3) is 4.85 Å². The average molecular weight is 648 g/mol. The number of H-pyrrole nitrogens is 2. The summed E-state index contributed by atoms with van der Waals surface area (Å²) in [6, 6.07) is 2.21. The Morgan fingerprint density at radius 3 is 2.02 bits per heavy atom. The summed E-state index contributed by atoms with van der Waals surface area (Å²) in [6.45, 7) is 1.92. The van der Waals surface area contributed by atoms with Gasteiger partial charge in [0.25, 0.3) is 11.1 Å². The van der Waals surface area contributed by atoms with Crippen molar-refractivity contribution in [1.82, 2.24) is 19.1 Å². The van der Waals surface area contributed by atoms with Gasteiger partial charge in [0.05, 0.1) is 13.2 Å². The summed E-state index contributed by atoms with van der Waals surface area (Å²) in [5.41, 5.74) is -2.84. The van der Waals surface area contributed by atoms with Crippen LogP contribution in [0.3, 0.4) is 0 Å². The van der Waals surface area contributed by atoms with Gasteiger partial charge >= 0.3 is 18.1 Å². The van der Waals surface area contributed by atoms with E-state index in [-0.39, 0.29) is 13.2 Å². The van der Waals surface area contributed by atoms with E-state index in [1.54, 1.807) is 0 Å². The Labute approximate surface area is 247 Å². The first-order chi connectivity index (χ1) is 20.5. The maximum Gasteiger partial charge on any atom is 0.330 e. The highest BCUT2D eigenvalue weighted by Gasteiger charge is 2.51. The molecule has 43 heavy (non-hydrogen) atoms. The molecule has 2 aromatic heterocycles. The van der Waals surface area contributed by atoms with Gasteiger partial charge in [0.1, 0.15) is 43.2 Å².